The van der Waals surface area contributed by atoms with Crippen molar-refractivity contribution in [2.75, 3.05) is 19.8 Å². The van der Waals surface area contributed by atoms with E-state index in [0.717, 1.165) is 19.4 Å². The van der Waals surface area contributed by atoms with Gasteiger partial charge in [0, 0.05) is 19.2 Å². The predicted octanol–water partition coefficient (Wildman–Crippen LogP) is 0.811. The highest BCUT2D eigenvalue weighted by atomic mass is 16.5. The smallest absolute Gasteiger partial charge is 0.0972 e. The SMILES string of the molecule is CC(O)(CO)CNC1CCOC2(CCCC2)C1. The number of aliphatic hydroxyl groups is 2. The van der Waals surface area contributed by atoms with Gasteiger partial charge >= 0.3 is 0 Å². The summed E-state index contributed by atoms with van der Waals surface area (Å²) >= 11 is 0. The molecule has 1 aliphatic heterocycles. The van der Waals surface area contributed by atoms with Crippen molar-refractivity contribution in [3.05, 3.63) is 0 Å². The van der Waals surface area contributed by atoms with Crippen LogP contribution in [-0.2, 0) is 4.74 Å². The lowest BCUT2D eigenvalue weighted by atomic mass is 9.88. The van der Waals surface area contributed by atoms with Crippen LogP contribution in [0.2, 0.25) is 0 Å². The van der Waals surface area contributed by atoms with Crippen molar-refractivity contribution in [3.8, 4) is 0 Å². The molecule has 3 N–H and O–H groups in total. The van der Waals surface area contributed by atoms with Crippen molar-refractivity contribution in [1.29, 1.82) is 0 Å². The molecule has 1 saturated carbocycles. The van der Waals surface area contributed by atoms with E-state index in [1.807, 2.05) is 0 Å². The normalized spacial score (nSPS) is 31.6. The molecule has 1 spiro atoms. The zero-order chi connectivity index (χ0) is 12.4. The lowest BCUT2D eigenvalue weighted by Gasteiger charge is -2.39. The lowest BCUT2D eigenvalue weighted by Crippen LogP contribution is -2.50. The summed E-state index contributed by atoms with van der Waals surface area (Å²) in [5, 5.41) is 22.2. The molecular weight excluding hydrogens is 218 g/mol. The maximum absolute atomic E-state index is 9.77. The van der Waals surface area contributed by atoms with E-state index in [9.17, 15) is 5.11 Å². The molecule has 100 valence electrons. The van der Waals surface area contributed by atoms with E-state index >= 15 is 0 Å². The van der Waals surface area contributed by atoms with Crippen molar-refractivity contribution in [1.82, 2.24) is 5.32 Å². The molecule has 1 aliphatic carbocycles. The molecule has 0 amide bonds. The monoisotopic (exact) mass is 243 g/mol. The summed E-state index contributed by atoms with van der Waals surface area (Å²) in [4.78, 5) is 0. The predicted molar refractivity (Wildman–Crippen MR) is 65.9 cm³/mol. The van der Waals surface area contributed by atoms with Crippen molar-refractivity contribution < 1.29 is 14.9 Å². The first-order valence-corrected chi connectivity index (χ1v) is 6.76. The van der Waals surface area contributed by atoms with Gasteiger partial charge in [0.25, 0.3) is 0 Å². The first kappa shape index (κ1) is 13.3. The quantitative estimate of drug-likeness (QED) is 0.684. The summed E-state index contributed by atoms with van der Waals surface area (Å²) in [5.41, 5.74) is -0.901. The number of nitrogens with one attached hydrogen (secondary N) is 1. The van der Waals surface area contributed by atoms with Gasteiger partial charge in [-0.15, -0.1) is 0 Å². The van der Waals surface area contributed by atoms with E-state index in [0.29, 0.717) is 12.6 Å². The van der Waals surface area contributed by atoms with Gasteiger partial charge < -0.3 is 20.3 Å². The molecule has 2 unspecified atom stereocenters. The van der Waals surface area contributed by atoms with Crippen LogP contribution in [0.4, 0.5) is 0 Å². The lowest BCUT2D eigenvalue weighted by molar-refractivity contribution is -0.0868. The van der Waals surface area contributed by atoms with Crippen LogP contribution in [0.5, 0.6) is 0 Å². The Hall–Kier alpha value is -0.160. The van der Waals surface area contributed by atoms with Crippen LogP contribution in [0.3, 0.4) is 0 Å². The van der Waals surface area contributed by atoms with Gasteiger partial charge in [0.2, 0.25) is 0 Å². The maximum Gasteiger partial charge on any atom is 0.0972 e. The van der Waals surface area contributed by atoms with Gasteiger partial charge in [-0.05, 0) is 32.6 Å². The van der Waals surface area contributed by atoms with Crippen molar-refractivity contribution in [2.45, 2.75) is 62.7 Å². The van der Waals surface area contributed by atoms with Crippen LogP contribution in [-0.4, -0.2) is 47.2 Å². The molecule has 17 heavy (non-hydrogen) atoms. The number of ether oxygens (including phenoxy) is 1. The second-order valence-corrected chi connectivity index (χ2v) is 5.96. The van der Waals surface area contributed by atoms with Crippen molar-refractivity contribution in [2.24, 2.45) is 0 Å². The number of aliphatic hydroxyl groups excluding tert-OH is 1. The Morgan fingerprint density at radius 2 is 2.12 bits per heavy atom. The van der Waals surface area contributed by atoms with Crippen LogP contribution < -0.4 is 5.32 Å². The Labute approximate surface area is 103 Å². The van der Waals surface area contributed by atoms with Crippen LogP contribution >= 0.6 is 0 Å². The van der Waals surface area contributed by atoms with Gasteiger partial charge in [0.05, 0.1) is 17.8 Å². The van der Waals surface area contributed by atoms with Gasteiger partial charge in [0.1, 0.15) is 0 Å². The van der Waals surface area contributed by atoms with Crippen LogP contribution in [0.15, 0.2) is 0 Å². The van der Waals surface area contributed by atoms with Crippen molar-refractivity contribution >= 4 is 0 Å². The van der Waals surface area contributed by atoms with E-state index in [2.05, 4.69) is 5.32 Å². The Kier molecular flexibility index (Phi) is 4.08. The maximum atomic E-state index is 9.77. The molecule has 4 nitrogen and oxygen atoms in total. The summed E-state index contributed by atoms with van der Waals surface area (Å²) in [6.07, 6.45) is 6.98. The second kappa shape index (κ2) is 5.22. The summed E-state index contributed by atoms with van der Waals surface area (Å²) < 4.78 is 5.96. The summed E-state index contributed by atoms with van der Waals surface area (Å²) in [7, 11) is 0. The molecule has 0 aromatic heterocycles. The van der Waals surface area contributed by atoms with Gasteiger partial charge in [-0.25, -0.2) is 0 Å². The largest absolute Gasteiger partial charge is 0.393 e. The van der Waals surface area contributed by atoms with E-state index in [1.54, 1.807) is 6.92 Å². The third-order valence-corrected chi connectivity index (χ3v) is 4.12. The van der Waals surface area contributed by atoms with Gasteiger partial charge in [-0.1, -0.05) is 12.8 Å². The molecule has 2 rings (SSSR count). The molecule has 0 radical (unpaired) electrons. The zero-order valence-corrected chi connectivity index (χ0v) is 10.7. The fourth-order valence-electron chi connectivity index (χ4n) is 2.99. The van der Waals surface area contributed by atoms with E-state index in [4.69, 9.17) is 9.84 Å². The zero-order valence-electron chi connectivity index (χ0n) is 10.7. The van der Waals surface area contributed by atoms with Crippen LogP contribution in [0, 0.1) is 0 Å². The van der Waals surface area contributed by atoms with E-state index < -0.39 is 5.60 Å². The van der Waals surface area contributed by atoms with E-state index in [1.165, 1.54) is 25.7 Å². The molecule has 0 aromatic rings. The molecule has 4 heteroatoms. The average molecular weight is 243 g/mol. The molecule has 2 aliphatic rings. The highest BCUT2D eigenvalue weighted by Gasteiger charge is 2.40. The van der Waals surface area contributed by atoms with Gasteiger partial charge in [-0.3, -0.25) is 0 Å². The Bertz CT molecular complexity index is 249. The molecule has 2 fully saturated rings. The molecule has 0 bridgehead atoms. The number of rotatable bonds is 4. The van der Waals surface area contributed by atoms with Gasteiger partial charge in [0.15, 0.2) is 0 Å². The number of hydrogen-bond acceptors (Lipinski definition) is 4. The summed E-state index contributed by atoms with van der Waals surface area (Å²) in [5.74, 6) is 0. The van der Waals surface area contributed by atoms with Crippen LogP contribution in [0.25, 0.3) is 0 Å². The Morgan fingerprint density at radius 1 is 1.41 bits per heavy atom. The van der Waals surface area contributed by atoms with Crippen LogP contribution in [0.1, 0.15) is 45.4 Å². The summed E-state index contributed by atoms with van der Waals surface area (Å²) in [6.45, 7) is 2.72. The topological polar surface area (TPSA) is 61.7 Å². The summed E-state index contributed by atoms with van der Waals surface area (Å²) in [6, 6.07) is 0.417. The molecule has 2 atom stereocenters. The molecule has 1 saturated heterocycles. The highest BCUT2D eigenvalue weighted by molar-refractivity contribution is 4.94. The second-order valence-electron chi connectivity index (χ2n) is 5.96. The molecule has 1 heterocycles. The fourth-order valence-corrected chi connectivity index (χ4v) is 2.99. The first-order chi connectivity index (χ1) is 8.05. The first-order valence-electron chi connectivity index (χ1n) is 6.76. The third kappa shape index (κ3) is 3.41. The molecule has 0 aromatic carbocycles. The Balaban J connectivity index is 1.81. The minimum atomic E-state index is -1.01. The van der Waals surface area contributed by atoms with Gasteiger partial charge in [-0.2, -0.15) is 0 Å². The number of hydrogen-bond donors (Lipinski definition) is 3. The van der Waals surface area contributed by atoms with E-state index in [-0.39, 0.29) is 12.2 Å². The fraction of sp³-hybridized carbons (Fsp3) is 1.00. The van der Waals surface area contributed by atoms with Crippen molar-refractivity contribution in [3.63, 3.8) is 0 Å². The minimum Gasteiger partial charge on any atom is -0.393 e. The average Bonchev–Trinajstić information content (AvgIpc) is 2.75. The standard InChI is InChI=1S/C13H25NO3/c1-12(16,10-15)9-14-11-4-7-17-13(8-11)5-2-3-6-13/h11,14-16H,2-10H2,1H3. The third-order valence-electron chi connectivity index (χ3n) is 4.12. The molecular formula is C13H25NO3. The Morgan fingerprint density at radius 3 is 2.76 bits per heavy atom. The minimum absolute atomic E-state index is 0.112. The highest BCUT2D eigenvalue weighted by Crippen LogP contribution is 2.39.